The topological polar surface area (TPSA) is 43.6 Å². The van der Waals surface area contributed by atoms with Crippen molar-refractivity contribution >= 4 is 29.5 Å². The van der Waals surface area contributed by atoms with E-state index in [1.165, 1.54) is 7.11 Å². The second kappa shape index (κ2) is 7.58. The van der Waals surface area contributed by atoms with Gasteiger partial charge in [-0.25, -0.2) is 4.79 Å². The van der Waals surface area contributed by atoms with Crippen molar-refractivity contribution < 1.29 is 9.53 Å². The molecule has 0 radical (unpaired) electrons. The minimum Gasteiger partial charge on any atom is -0.465 e. The van der Waals surface area contributed by atoms with Gasteiger partial charge >= 0.3 is 5.97 Å². The maximum Gasteiger partial charge on any atom is 0.337 e. The zero-order valence-electron chi connectivity index (χ0n) is 14.9. The Labute approximate surface area is 157 Å². The minimum atomic E-state index is -0.341. The molecule has 0 spiro atoms. The first-order valence-corrected chi connectivity index (χ1v) is 8.54. The predicted octanol–water partition coefficient (Wildman–Crippen LogP) is 5.28. The van der Waals surface area contributed by atoms with Gasteiger partial charge in [0.05, 0.1) is 18.4 Å². The summed E-state index contributed by atoms with van der Waals surface area (Å²) in [6.07, 6.45) is 1.84. The van der Waals surface area contributed by atoms with Crippen molar-refractivity contribution in [3.8, 4) is 5.69 Å². The molecule has 2 aromatic carbocycles. The van der Waals surface area contributed by atoms with Crippen LogP contribution in [0.5, 0.6) is 0 Å². The molecule has 0 bridgehead atoms. The smallest absolute Gasteiger partial charge is 0.337 e. The number of esters is 1. The van der Waals surface area contributed by atoms with Gasteiger partial charge in [0.15, 0.2) is 0 Å². The standard InChI is InChI=1S/C21H19ClN2O2/c1-14-11-17(13-23-19-6-4-5-18(22)12-19)15(2)24(14)20-9-7-16(8-10-20)21(25)26-3/h4-13H,1-3H3. The summed E-state index contributed by atoms with van der Waals surface area (Å²) in [6, 6.07) is 16.9. The molecule has 0 aliphatic heterocycles. The van der Waals surface area contributed by atoms with Gasteiger partial charge in [-0.1, -0.05) is 17.7 Å². The van der Waals surface area contributed by atoms with E-state index in [4.69, 9.17) is 16.3 Å². The second-order valence-electron chi connectivity index (χ2n) is 5.94. The Morgan fingerprint density at radius 1 is 1.12 bits per heavy atom. The molecule has 1 heterocycles. The number of hydrogen-bond acceptors (Lipinski definition) is 3. The average Bonchev–Trinajstić information content (AvgIpc) is 2.93. The number of aryl methyl sites for hydroxylation is 1. The highest BCUT2D eigenvalue weighted by atomic mass is 35.5. The average molecular weight is 367 g/mol. The zero-order valence-corrected chi connectivity index (χ0v) is 15.6. The number of carbonyl (C=O) groups excluding carboxylic acids is 1. The van der Waals surface area contributed by atoms with Crippen LogP contribution in [0.15, 0.2) is 59.6 Å². The third-order valence-corrected chi connectivity index (χ3v) is 4.41. The molecule has 0 N–H and O–H groups in total. The molecular formula is C21H19ClN2O2. The number of benzene rings is 2. The first-order chi connectivity index (χ1) is 12.5. The lowest BCUT2D eigenvalue weighted by Crippen LogP contribution is -2.03. The van der Waals surface area contributed by atoms with Crippen LogP contribution >= 0.6 is 11.6 Å². The van der Waals surface area contributed by atoms with E-state index in [-0.39, 0.29) is 5.97 Å². The highest BCUT2D eigenvalue weighted by Crippen LogP contribution is 2.22. The lowest BCUT2D eigenvalue weighted by Gasteiger charge is -2.10. The molecule has 0 aliphatic rings. The van der Waals surface area contributed by atoms with Crippen LogP contribution in [0.2, 0.25) is 5.02 Å². The summed E-state index contributed by atoms with van der Waals surface area (Å²) >= 11 is 6.00. The molecule has 1 aromatic heterocycles. The van der Waals surface area contributed by atoms with Gasteiger partial charge in [-0.15, -0.1) is 0 Å². The van der Waals surface area contributed by atoms with Crippen molar-refractivity contribution in [3.05, 3.63) is 82.1 Å². The van der Waals surface area contributed by atoms with Crippen LogP contribution in [0.1, 0.15) is 27.3 Å². The van der Waals surface area contributed by atoms with Gasteiger partial charge in [-0.3, -0.25) is 4.99 Å². The lowest BCUT2D eigenvalue weighted by molar-refractivity contribution is 0.0601. The zero-order chi connectivity index (χ0) is 18.7. The van der Waals surface area contributed by atoms with Crippen molar-refractivity contribution in [2.24, 2.45) is 4.99 Å². The van der Waals surface area contributed by atoms with Crippen molar-refractivity contribution in [1.82, 2.24) is 4.57 Å². The van der Waals surface area contributed by atoms with E-state index in [9.17, 15) is 4.79 Å². The molecule has 3 rings (SSSR count). The van der Waals surface area contributed by atoms with Crippen LogP contribution in [0, 0.1) is 13.8 Å². The molecule has 0 atom stereocenters. The monoisotopic (exact) mass is 366 g/mol. The van der Waals surface area contributed by atoms with Gasteiger partial charge in [0.1, 0.15) is 0 Å². The highest BCUT2D eigenvalue weighted by Gasteiger charge is 2.11. The van der Waals surface area contributed by atoms with Crippen LogP contribution in [0.3, 0.4) is 0 Å². The van der Waals surface area contributed by atoms with Crippen LogP contribution in [0.25, 0.3) is 5.69 Å². The van der Waals surface area contributed by atoms with E-state index in [2.05, 4.69) is 15.6 Å². The molecule has 0 unspecified atom stereocenters. The summed E-state index contributed by atoms with van der Waals surface area (Å²) in [6.45, 7) is 4.08. The molecule has 132 valence electrons. The van der Waals surface area contributed by atoms with Crippen LogP contribution < -0.4 is 0 Å². The fourth-order valence-corrected chi connectivity index (χ4v) is 3.07. The van der Waals surface area contributed by atoms with Crippen molar-refractivity contribution in [2.75, 3.05) is 7.11 Å². The molecule has 26 heavy (non-hydrogen) atoms. The number of rotatable bonds is 4. The van der Waals surface area contributed by atoms with Gasteiger partial charge in [-0.2, -0.15) is 0 Å². The van der Waals surface area contributed by atoms with E-state index < -0.39 is 0 Å². The largest absolute Gasteiger partial charge is 0.465 e. The number of aliphatic imine (C=N–C) groups is 1. The SMILES string of the molecule is COC(=O)c1ccc(-n2c(C)cc(C=Nc3cccc(Cl)c3)c2C)cc1. The Balaban J connectivity index is 1.92. The molecule has 0 fully saturated rings. The van der Waals surface area contributed by atoms with Crippen molar-refractivity contribution in [3.63, 3.8) is 0 Å². The molecule has 0 amide bonds. The van der Waals surface area contributed by atoms with E-state index in [1.54, 1.807) is 12.1 Å². The second-order valence-corrected chi connectivity index (χ2v) is 6.37. The first kappa shape index (κ1) is 18.0. The number of aromatic nitrogens is 1. The first-order valence-electron chi connectivity index (χ1n) is 8.17. The van der Waals surface area contributed by atoms with Gasteiger partial charge in [0, 0.05) is 33.9 Å². The third kappa shape index (κ3) is 3.70. The Hall–Kier alpha value is -2.85. The van der Waals surface area contributed by atoms with Gasteiger partial charge in [0.25, 0.3) is 0 Å². The Morgan fingerprint density at radius 3 is 2.50 bits per heavy atom. The number of carbonyl (C=O) groups is 1. The van der Waals surface area contributed by atoms with Gasteiger partial charge in [-0.05, 0) is 62.4 Å². The molecule has 0 saturated carbocycles. The third-order valence-electron chi connectivity index (χ3n) is 4.18. The normalized spacial score (nSPS) is 11.1. The highest BCUT2D eigenvalue weighted by molar-refractivity contribution is 6.30. The summed E-state index contributed by atoms with van der Waals surface area (Å²) in [5.41, 5.74) is 5.50. The fourth-order valence-electron chi connectivity index (χ4n) is 2.88. The fraction of sp³-hybridized carbons (Fsp3) is 0.143. The quantitative estimate of drug-likeness (QED) is 0.465. The molecule has 0 aliphatic carbocycles. The van der Waals surface area contributed by atoms with Crippen molar-refractivity contribution in [2.45, 2.75) is 13.8 Å². The molecule has 3 aromatic rings. The van der Waals surface area contributed by atoms with Crippen molar-refractivity contribution in [1.29, 1.82) is 0 Å². The predicted molar refractivity (Wildman–Crippen MR) is 105 cm³/mol. The van der Waals surface area contributed by atoms with E-state index >= 15 is 0 Å². The van der Waals surface area contributed by atoms with Crippen LogP contribution in [-0.4, -0.2) is 23.9 Å². The molecular weight excluding hydrogens is 348 g/mol. The van der Waals surface area contributed by atoms with Crippen LogP contribution in [0.4, 0.5) is 5.69 Å². The number of ether oxygens (including phenoxy) is 1. The van der Waals surface area contributed by atoms with E-state index in [0.717, 1.165) is 28.3 Å². The molecule has 0 saturated heterocycles. The lowest BCUT2D eigenvalue weighted by atomic mass is 10.2. The summed E-state index contributed by atoms with van der Waals surface area (Å²) in [4.78, 5) is 16.1. The number of hydrogen-bond donors (Lipinski definition) is 0. The van der Waals surface area contributed by atoms with E-state index in [1.807, 2.05) is 56.5 Å². The minimum absolute atomic E-state index is 0.341. The summed E-state index contributed by atoms with van der Waals surface area (Å²) in [5, 5.41) is 0.663. The number of methoxy groups -OCH3 is 1. The summed E-state index contributed by atoms with van der Waals surface area (Å²) in [5.74, 6) is -0.341. The van der Waals surface area contributed by atoms with Gasteiger partial charge in [0.2, 0.25) is 0 Å². The molecule has 5 heteroatoms. The Bertz CT molecular complexity index is 972. The Morgan fingerprint density at radius 2 is 1.85 bits per heavy atom. The Kier molecular flexibility index (Phi) is 5.24. The summed E-state index contributed by atoms with van der Waals surface area (Å²) < 4.78 is 6.87. The summed E-state index contributed by atoms with van der Waals surface area (Å²) in [7, 11) is 1.38. The molecule has 4 nitrogen and oxygen atoms in total. The van der Waals surface area contributed by atoms with E-state index in [0.29, 0.717) is 10.6 Å². The maximum absolute atomic E-state index is 11.6. The van der Waals surface area contributed by atoms with Gasteiger partial charge < -0.3 is 9.30 Å². The number of halogens is 1. The van der Waals surface area contributed by atoms with Crippen LogP contribution in [-0.2, 0) is 4.74 Å². The maximum atomic E-state index is 11.6. The number of nitrogens with zero attached hydrogens (tertiary/aromatic N) is 2.